The third-order valence-electron chi connectivity index (χ3n) is 4.35. The second kappa shape index (κ2) is 12.8. The quantitative estimate of drug-likeness (QED) is 0.338. The molecule has 6 heteroatoms. The molecule has 142 valence electrons. The molecule has 2 N–H and O–H groups in total. The first-order valence-corrected chi connectivity index (χ1v) is 9.28. The third kappa shape index (κ3) is 9.08. The fourth-order valence-corrected chi connectivity index (χ4v) is 3.02. The fourth-order valence-electron chi connectivity index (χ4n) is 3.02. The van der Waals surface area contributed by atoms with E-state index in [1.54, 1.807) is 0 Å². The number of carbonyl (C=O) groups is 1. The van der Waals surface area contributed by atoms with Crippen LogP contribution in [0.25, 0.3) is 0 Å². The average molecular weight is 452 g/mol. The summed E-state index contributed by atoms with van der Waals surface area (Å²) in [5.74, 6) is 2.59. The van der Waals surface area contributed by atoms with Crippen molar-refractivity contribution in [3.63, 3.8) is 0 Å². The highest BCUT2D eigenvalue weighted by Crippen LogP contribution is 2.23. The molecule has 0 spiro atoms. The number of amides is 1. The maximum atomic E-state index is 11.8. The zero-order chi connectivity index (χ0) is 17.2. The van der Waals surface area contributed by atoms with E-state index < -0.39 is 0 Å². The second-order valence-corrected chi connectivity index (χ2v) is 7.09. The monoisotopic (exact) mass is 452 g/mol. The molecule has 0 radical (unpaired) electrons. The Kier molecular flexibility index (Phi) is 12.5. The lowest BCUT2D eigenvalue weighted by atomic mass is 9.97. The molecule has 1 amide bonds. The van der Waals surface area contributed by atoms with Crippen LogP contribution in [0.15, 0.2) is 4.99 Å². The van der Waals surface area contributed by atoms with Gasteiger partial charge in [0.05, 0.1) is 6.54 Å². The van der Waals surface area contributed by atoms with Gasteiger partial charge in [0.25, 0.3) is 0 Å². The minimum atomic E-state index is 0. The van der Waals surface area contributed by atoms with E-state index in [0.29, 0.717) is 13.0 Å². The van der Waals surface area contributed by atoms with Crippen LogP contribution in [0.3, 0.4) is 0 Å². The van der Waals surface area contributed by atoms with Gasteiger partial charge < -0.3 is 15.5 Å². The van der Waals surface area contributed by atoms with Crippen molar-refractivity contribution in [2.24, 2.45) is 16.8 Å². The predicted molar refractivity (Wildman–Crippen MR) is 113 cm³/mol. The minimum Gasteiger partial charge on any atom is -0.357 e. The van der Waals surface area contributed by atoms with Gasteiger partial charge in [0.15, 0.2) is 5.96 Å². The van der Waals surface area contributed by atoms with E-state index in [1.165, 1.54) is 12.8 Å². The second-order valence-electron chi connectivity index (χ2n) is 7.09. The summed E-state index contributed by atoms with van der Waals surface area (Å²) in [7, 11) is 0. The van der Waals surface area contributed by atoms with E-state index >= 15 is 0 Å². The van der Waals surface area contributed by atoms with Gasteiger partial charge in [0.1, 0.15) is 0 Å². The predicted octanol–water partition coefficient (Wildman–Crippen LogP) is 3.24. The zero-order valence-electron chi connectivity index (χ0n) is 16.1. The van der Waals surface area contributed by atoms with E-state index in [-0.39, 0.29) is 35.9 Å². The topological polar surface area (TPSA) is 56.7 Å². The Morgan fingerprint density at radius 1 is 1.29 bits per heavy atom. The molecule has 0 saturated carbocycles. The van der Waals surface area contributed by atoms with Crippen molar-refractivity contribution in [2.75, 3.05) is 26.2 Å². The minimum absolute atomic E-state index is 0. The van der Waals surface area contributed by atoms with Gasteiger partial charge in [-0.25, -0.2) is 0 Å². The van der Waals surface area contributed by atoms with Gasteiger partial charge in [-0.05, 0) is 44.9 Å². The highest BCUT2D eigenvalue weighted by molar-refractivity contribution is 14.0. The standard InChI is InChI=1S/C18H36N4O.HI/c1-6-15(5)21-17(23)8-10-20-18(19-7-2)22-11-9-16(13-22)12-14(3)4;/h14-16H,6-13H2,1-5H3,(H,19,20)(H,21,23);1H. The molecule has 1 heterocycles. The summed E-state index contributed by atoms with van der Waals surface area (Å²) in [6.45, 7) is 14.4. The first-order chi connectivity index (χ1) is 11.0. The molecule has 24 heavy (non-hydrogen) atoms. The molecule has 1 aliphatic rings. The molecule has 0 aromatic rings. The fraction of sp³-hybridized carbons (Fsp3) is 0.889. The molecule has 0 aromatic carbocycles. The largest absolute Gasteiger partial charge is 0.357 e. The Morgan fingerprint density at radius 3 is 2.58 bits per heavy atom. The number of nitrogens with one attached hydrogen (secondary N) is 2. The Morgan fingerprint density at radius 2 is 2.00 bits per heavy atom. The highest BCUT2D eigenvalue weighted by Gasteiger charge is 2.25. The van der Waals surface area contributed by atoms with Gasteiger partial charge in [-0.15, -0.1) is 24.0 Å². The summed E-state index contributed by atoms with van der Waals surface area (Å²) >= 11 is 0. The molecule has 0 aromatic heterocycles. The number of nitrogens with zero attached hydrogens (tertiary/aromatic N) is 2. The van der Waals surface area contributed by atoms with Crippen LogP contribution in [0.5, 0.6) is 0 Å². The number of guanidine groups is 1. The number of aliphatic imine (C=N–C) groups is 1. The van der Waals surface area contributed by atoms with E-state index in [2.05, 4.69) is 48.2 Å². The maximum absolute atomic E-state index is 11.8. The molecule has 1 aliphatic heterocycles. The first-order valence-electron chi connectivity index (χ1n) is 9.28. The summed E-state index contributed by atoms with van der Waals surface area (Å²) in [5.41, 5.74) is 0. The van der Waals surface area contributed by atoms with Crippen molar-refractivity contribution in [3.8, 4) is 0 Å². The molecular formula is C18H37IN4O. The van der Waals surface area contributed by atoms with Crippen LogP contribution < -0.4 is 10.6 Å². The third-order valence-corrected chi connectivity index (χ3v) is 4.35. The maximum Gasteiger partial charge on any atom is 0.222 e. The number of carbonyl (C=O) groups excluding carboxylic acids is 1. The van der Waals surface area contributed by atoms with Crippen molar-refractivity contribution < 1.29 is 4.79 Å². The van der Waals surface area contributed by atoms with E-state index in [4.69, 9.17) is 0 Å². The van der Waals surface area contributed by atoms with Crippen molar-refractivity contribution in [3.05, 3.63) is 0 Å². The molecular weight excluding hydrogens is 415 g/mol. The van der Waals surface area contributed by atoms with Crippen molar-refractivity contribution in [1.82, 2.24) is 15.5 Å². The van der Waals surface area contributed by atoms with Gasteiger partial charge >= 0.3 is 0 Å². The molecule has 5 nitrogen and oxygen atoms in total. The number of hydrogen-bond donors (Lipinski definition) is 2. The highest BCUT2D eigenvalue weighted by atomic mass is 127. The van der Waals surface area contributed by atoms with Crippen molar-refractivity contribution in [2.45, 2.75) is 66.3 Å². The van der Waals surface area contributed by atoms with Crippen LogP contribution in [0.4, 0.5) is 0 Å². The molecule has 0 bridgehead atoms. The number of likely N-dealkylation sites (tertiary alicyclic amines) is 1. The number of hydrogen-bond acceptors (Lipinski definition) is 2. The van der Waals surface area contributed by atoms with E-state index in [0.717, 1.165) is 43.9 Å². The smallest absolute Gasteiger partial charge is 0.222 e. The first kappa shape index (κ1) is 23.5. The van der Waals surface area contributed by atoms with Gasteiger partial charge in [0, 0.05) is 32.1 Å². The van der Waals surface area contributed by atoms with Gasteiger partial charge in [-0.3, -0.25) is 9.79 Å². The summed E-state index contributed by atoms with van der Waals surface area (Å²) in [5, 5.41) is 6.36. The van der Waals surface area contributed by atoms with E-state index in [9.17, 15) is 4.79 Å². The lowest BCUT2D eigenvalue weighted by Crippen LogP contribution is -2.40. The summed E-state index contributed by atoms with van der Waals surface area (Å²) in [6.07, 6.45) is 3.95. The molecule has 2 unspecified atom stereocenters. The van der Waals surface area contributed by atoms with Crippen LogP contribution in [0.2, 0.25) is 0 Å². The Bertz CT molecular complexity index is 387. The number of rotatable bonds is 8. The van der Waals surface area contributed by atoms with Gasteiger partial charge in [0.2, 0.25) is 5.91 Å². The normalized spacial score (nSPS) is 19.2. The lowest BCUT2D eigenvalue weighted by molar-refractivity contribution is -0.121. The van der Waals surface area contributed by atoms with Gasteiger partial charge in [-0.2, -0.15) is 0 Å². The number of halogens is 1. The van der Waals surface area contributed by atoms with E-state index in [1.807, 2.05) is 6.92 Å². The van der Waals surface area contributed by atoms with Crippen molar-refractivity contribution in [1.29, 1.82) is 0 Å². The Labute approximate surface area is 165 Å². The Balaban J connectivity index is 0.00000529. The Hall–Kier alpha value is -0.530. The molecule has 2 atom stereocenters. The summed E-state index contributed by atoms with van der Waals surface area (Å²) in [6, 6.07) is 0.245. The molecule has 1 rings (SSSR count). The van der Waals surface area contributed by atoms with Crippen LogP contribution in [-0.2, 0) is 4.79 Å². The molecule has 1 fully saturated rings. The van der Waals surface area contributed by atoms with Crippen LogP contribution in [-0.4, -0.2) is 49.0 Å². The summed E-state index contributed by atoms with van der Waals surface area (Å²) in [4.78, 5) is 18.8. The van der Waals surface area contributed by atoms with Gasteiger partial charge in [-0.1, -0.05) is 20.8 Å². The van der Waals surface area contributed by atoms with Crippen LogP contribution in [0, 0.1) is 11.8 Å². The van der Waals surface area contributed by atoms with Crippen LogP contribution >= 0.6 is 24.0 Å². The van der Waals surface area contributed by atoms with Crippen molar-refractivity contribution >= 4 is 35.8 Å². The lowest BCUT2D eigenvalue weighted by Gasteiger charge is -2.22. The molecule has 1 saturated heterocycles. The average Bonchev–Trinajstić information content (AvgIpc) is 2.93. The van der Waals surface area contributed by atoms with Crippen LogP contribution in [0.1, 0.15) is 60.3 Å². The zero-order valence-corrected chi connectivity index (χ0v) is 18.4. The molecule has 0 aliphatic carbocycles. The summed E-state index contributed by atoms with van der Waals surface area (Å²) < 4.78 is 0. The SMILES string of the molecule is CCNC(=NCCC(=O)NC(C)CC)N1CCC(CC(C)C)C1.I.